The first-order valence-electron chi connectivity index (χ1n) is 9.24. The largest absolute Gasteiger partial charge is 0.322 e. The standard InChI is InChI=1S/C23H19ClN2O3S/c1-2-30(28,29)22-11-7-6-10-19(22)23(27)26-17-12-13-18(21(24)14-17)20(15-25)16-8-4-3-5-9-16/h3-14,20H,2H2,1H3,(H,26,27)/t20-/m0/s1. The van der Waals surface area contributed by atoms with Gasteiger partial charge in [0.25, 0.3) is 5.91 Å². The van der Waals surface area contributed by atoms with Crippen molar-refractivity contribution in [3.8, 4) is 6.07 Å². The van der Waals surface area contributed by atoms with E-state index in [9.17, 15) is 18.5 Å². The summed E-state index contributed by atoms with van der Waals surface area (Å²) in [5.41, 5.74) is 1.91. The van der Waals surface area contributed by atoms with E-state index in [1.165, 1.54) is 19.1 Å². The molecule has 0 saturated heterocycles. The molecule has 0 aliphatic heterocycles. The molecule has 152 valence electrons. The number of rotatable bonds is 6. The summed E-state index contributed by atoms with van der Waals surface area (Å²) in [4.78, 5) is 12.7. The van der Waals surface area contributed by atoms with Gasteiger partial charge in [-0.3, -0.25) is 4.79 Å². The molecule has 3 aromatic carbocycles. The fourth-order valence-corrected chi connectivity index (χ4v) is 4.47. The molecule has 0 fully saturated rings. The SMILES string of the molecule is CCS(=O)(=O)c1ccccc1C(=O)Nc1ccc([C@@H](C#N)c2ccccc2)c(Cl)c1. The van der Waals surface area contributed by atoms with Gasteiger partial charge >= 0.3 is 0 Å². The number of carbonyl (C=O) groups is 1. The van der Waals surface area contributed by atoms with E-state index in [2.05, 4.69) is 11.4 Å². The normalized spacial score (nSPS) is 12.0. The molecule has 1 N–H and O–H groups in total. The number of halogens is 1. The van der Waals surface area contributed by atoms with Gasteiger partial charge < -0.3 is 5.32 Å². The molecule has 0 aliphatic rings. The van der Waals surface area contributed by atoms with Gasteiger partial charge in [-0.25, -0.2) is 8.42 Å². The minimum absolute atomic E-state index is 0.0126. The van der Waals surface area contributed by atoms with Crippen LogP contribution in [-0.2, 0) is 9.84 Å². The van der Waals surface area contributed by atoms with Crippen LogP contribution in [0.15, 0.2) is 77.7 Å². The molecule has 0 saturated carbocycles. The van der Waals surface area contributed by atoms with Gasteiger partial charge in [-0.05, 0) is 35.4 Å². The van der Waals surface area contributed by atoms with Crippen LogP contribution in [0.4, 0.5) is 5.69 Å². The second-order valence-electron chi connectivity index (χ2n) is 6.56. The second-order valence-corrected chi connectivity index (χ2v) is 9.22. The molecule has 1 amide bonds. The van der Waals surface area contributed by atoms with Gasteiger partial charge in [-0.15, -0.1) is 0 Å². The van der Waals surface area contributed by atoms with Crippen molar-refractivity contribution in [2.45, 2.75) is 17.7 Å². The van der Waals surface area contributed by atoms with Crippen molar-refractivity contribution in [1.82, 2.24) is 0 Å². The highest BCUT2D eigenvalue weighted by atomic mass is 35.5. The van der Waals surface area contributed by atoms with Crippen molar-refractivity contribution in [3.63, 3.8) is 0 Å². The monoisotopic (exact) mass is 438 g/mol. The maximum Gasteiger partial charge on any atom is 0.256 e. The molecule has 3 rings (SSSR count). The molecule has 0 heterocycles. The number of amides is 1. The van der Waals surface area contributed by atoms with Crippen LogP contribution in [0, 0.1) is 11.3 Å². The van der Waals surface area contributed by atoms with E-state index in [-0.39, 0.29) is 16.2 Å². The second kappa shape index (κ2) is 9.12. The van der Waals surface area contributed by atoms with E-state index < -0.39 is 21.7 Å². The summed E-state index contributed by atoms with van der Waals surface area (Å²) in [7, 11) is -3.55. The molecule has 0 aromatic heterocycles. The maximum absolute atomic E-state index is 12.7. The summed E-state index contributed by atoms with van der Waals surface area (Å²) in [5.74, 6) is -1.20. The number of benzene rings is 3. The summed E-state index contributed by atoms with van der Waals surface area (Å²) in [6.45, 7) is 1.53. The average molecular weight is 439 g/mol. The van der Waals surface area contributed by atoms with Crippen molar-refractivity contribution >= 4 is 33.0 Å². The fraction of sp³-hybridized carbons (Fsp3) is 0.130. The number of hydrogen-bond donors (Lipinski definition) is 1. The van der Waals surface area contributed by atoms with E-state index >= 15 is 0 Å². The van der Waals surface area contributed by atoms with Crippen molar-refractivity contribution < 1.29 is 13.2 Å². The zero-order valence-corrected chi connectivity index (χ0v) is 17.7. The van der Waals surface area contributed by atoms with Gasteiger partial charge in [0.15, 0.2) is 9.84 Å². The average Bonchev–Trinajstić information content (AvgIpc) is 2.76. The van der Waals surface area contributed by atoms with Crippen LogP contribution in [0.3, 0.4) is 0 Å². The molecular weight excluding hydrogens is 420 g/mol. The molecular formula is C23H19ClN2O3S. The Balaban J connectivity index is 1.89. The summed E-state index contributed by atoms with van der Waals surface area (Å²) in [6, 6.07) is 22.5. The van der Waals surface area contributed by atoms with E-state index in [1.807, 2.05) is 30.3 Å². The molecule has 0 spiro atoms. The Bertz CT molecular complexity index is 1220. The van der Waals surface area contributed by atoms with Gasteiger partial charge in [-0.1, -0.05) is 67.1 Å². The molecule has 7 heteroatoms. The van der Waals surface area contributed by atoms with Crippen molar-refractivity contribution in [2.24, 2.45) is 0 Å². The Morgan fingerprint density at radius 2 is 1.73 bits per heavy atom. The highest BCUT2D eigenvalue weighted by Crippen LogP contribution is 2.32. The number of nitriles is 1. The van der Waals surface area contributed by atoms with Gasteiger partial charge in [0, 0.05) is 10.7 Å². The van der Waals surface area contributed by atoms with E-state index in [0.717, 1.165) is 5.56 Å². The van der Waals surface area contributed by atoms with Crippen LogP contribution >= 0.6 is 11.6 Å². The first-order valence-corrected chi connectivity index (χ1v) is 11.3. The van der Waals surface area contributed by atoms with Crippen LogP contribution in [0.1, 0.15) is 34.3 Å². The van der Waals surface area contributed by atoms with E-state index in [0.29, 0.717) is 16.3 Å². The highest BCUT2D eigenvalue weighted by molar-refractivity contribution is 7.91. The predicted octanol–water partition coefficient (Wildman–Crippen LogP) is 5.04. The zero-order valence-electron chi connectivity index (χ0n) is 16.2. The summed E-state index contributed by atoms with van der Waals surface area (Å²) >= 11 is 6.41. The predicted molar refractivity (Wildman–Crippen MR) is 117 cm³/mol. The summed E-state index contributed by atoms with van der Waals surface area (Å²) < 4.78 is 24.6. The molecule has 5 nitrogen and oxygen atoms in total. The van der Waals surface area contributed by atoms with Crippen LogP contribution in [0.2, 0.25) is 5.02 Å². The Hall–Kier alpha value is -3.14. The molecule has 0 radical (unpaired) electrons. The van der Waals surface area contributed by atoms with Gasteiger partial charge in [0.2, 0.25) is 0 Å². The van der Waals surface area contributed by atoms with Crippen LogP contribution < -0.4 is 5.32 Å². The summed E-state index contributed by atoms with van der Waals surface area (Å²) in [5, 5.41) is 12.6. The number of sulfone groups is 1. The molecule has 0 aliphatic carbocycles. The number of hydrogen-bond acceptors (Lipinski definition) is 4. The highest BCUT2D eigenvalue weighted by Gasteiger charge is 2.21. The topological polar surface area (TPSA) is 87.0 Å². The van der Waals surface area contributed by atoms with Crippen LogP contribution in [0.25, 0.3) is 0 Å². The van der Waals surface area contributed by atoms with Crippen molar-refractivity contribution in [3.05, 3.63) is 94.5 Å². The minimum Gasteiger partial charge on any atom is -0.322 e. The fourth-order valence-electron chi connectivity index (χ4n) is 3.09. The Labute approximate surface area is 180 Å². The lowest BCUT2D eigenvalue weighted by molar-refractivity contribution is 0.102. The third kappa shape index (κ3) is 4.54. The van der Waals surface area contributed by atoms with Crippen molar-refractivity contribution in [1.29, 1.82) is 5.26 Å². The number of carbonyl (C=O) groups excluding carboxylic acids is 1. The quantitative estimate of drug-likeness (QED) is 0.583. The third-order valence-corrected chi connectivity index (χ3v) is 6.79. The lowest BCUT2D eigenvalue weighted by Crippen LogP contribution is -2.17. The third-order valence-electron chi connectivity index (χ3n) is 4.68. The van der Waals surface area contributed by atoms with Crippen LogP contribution in [-0.4, -0.2) is 20.1 Å². The molecule has 3 aromatic rings. The first-order chi connectivity index (χ1) is 14.4. The Morgan fingerprint density at radius 3 is 2.37 bits per heavy atom. The summed E-state index contributed by atoms with van der Waals surface area (Å²) in [6.07, 6.45) is 0. The lowest BCUT2D eigenvalue weighted by Gasteiger charge is -2.14. The van der Waals surface area contributed by atoms with E-state index in [4.69, 9.17) is 11.6 Å². The smallest absolute Gasteiger partial charge is 0.256 e. The molecule has 1 atom stereocenters. The van der Waals surface area contributed by atoms with Crippen molar-refractivity contribution in [2.75, 3.05) is 11.1 Å². The molecule has 0 unspecified atom stereocenters. The van der Waals surface area contributed by atoms with Gasteiger partial charge in [0.1, 0.15) is 0 Å². The molecule has 0 bridgehead atoms. The van der Waals surface area contributed by atoms with Crippen LogP contribution in [0.5, 0.6) is 0 Å². The maximum atomic E-state index is 12.7. The zero-order chi connectivity index (χ0) is 21.7. The minimum atomic E-state index is -3.55. The van der Waals surface area contributed by atoms with E-state index in [1.54, 1.807) is 30.3 Å². The Kier molecular flexibility index (Phi) is 6.56. The lowest BCUT2D eigenvalue weighted by atomic mass is 9.92. The van der Waals surface area contributed by atoms with Gasteiger partial charge in [0.05, 0.1) is 28.2 Å². The Morgan fingerprint density at radius 1 is 1.07 bits per heavy atom. The number of nitrogens with zero attached hydrogens (tertiary/aromatic N) is 1. The number of anilines is 1. The number of nitrogens with one attached hydrogen (secondary N) is 1. The first kappa shape index (κ1) is 21.6. The molecule has 30 heavy (non-hydrogen) atoms. The van der Waals surface area contributed by atoms with Gasteiger partial charge in [-0.2, -0.15) is 5.26 Å².